The molecule has 3 N–H and O–H groups in total. The van der Waals surface area contributed by atoms with E-state index in [2.05, 4.69) is 52.9 Å². The van der Waals surface area contributed by atoms with Gasteiger partial charge in [-0.15, -0.1) is 0 Å². The molecule has 124 valence electrons. The number of anilines is 1. The molecule has 0 radical (unpaired) electrons. The van der Waals surface area contributed by atoms with Crippen LogP contribution in [0.4, 0.5) is 5.69 Å². The molecular weight excluding hydrogens is 318 g/mol. The van der Waals surface area contributed by atoms with Crippen molar-refractivity contribution in [1.29, 1.82) is 0 Å². The molecule has 4 heteroatoms. The number of hydrogen-bond donors (Lipinski definition) is 3. The average molecular weight is 340 g/mol. The number of hydrogen-bond acceptors (Lipinski definition) is 2. The Bertz CT molecular complexity index is 868. The van der Waals surface area contributed by atoms with Gasteiger partial charge in [0, 0.05) is 23.1 Å². The highest BCUT2D eigenvalue weighted by molar-refractivity contribution is 6.33. The van der Waals surface area contributed by atoms with E-state index in [-0.39, 0.29) is 6.04 Å². The van der Waals surface area contributed by atoms with Gasteiger partial charge in [0.25, 0.3) is 0 Å². The number of aromatic amines is 1. The smallest absolute Gasteiger partial charge is 0.0640 e. The Kier molecular flexibility index (Phi) is 4.21. The normalized spacial score (nSPS) is 15.8. The van der Waals surface area contributed by atoms with Gasteiger partial charge in [0.1, 0.15) is 0 Å². The lowest BCUT2D eigenvalue weighted by Gasteiger charge is -2.22. The Morgan fingerprint density at radius 1 is 1.08 bits per heavy atom. The first kappa shape index (κ1) is 15.6. The molecule has 0 bridgehead atoms. The predicted molar refractivity (Wildman–Crippen MR) is 102 cm³/mol. The van der Waals surface area contributed by atoms with Gasteiger partial charge in [-0.3, -0.25) is 0 Å². The van der Waals surface area contributed by atoms with E-state index in [0.29, 0.717) is 0 Å². The highest BCUT2D eigenvalue weighted by Gasteiger charge is 2.18. The van der Waals surface area contributed by atoms with Crippen molar-refractivity contribution in [3.8, 4) is 0 Å². The molecule has 1 aliphatic rings. The van der Waals surface area contributed by atoms with Gasteiger partial charge in [-0.05, 0) is 67.7 Å². The molecule has 2 aromatic carbocycles. The van der Waals surface area contributed by atoms with E-state index in [0.717, 1.165) is 36.6 Å². The zero-order valence-corrected chi connectivity index (χ0v) is 14.6. The maximum Gasteiger partial charge on any atom is 0.0640 e. The number of fused-ring (bicyclic) bond motifs is 2. The lowest BCUT2D eigenvalue weighted by atomic mass is 9.98. The van der Waals surface area contributed by atoms with E-state index in [4.69, 9.17) is 11.6 Å². The summed E-state index contributed by atoms with van der Waals surface area (Å²) in [6.45, 7) is 4.24. The summed E-state index contributed by atoms with van der Waals surface area (Å²) >= 11 is 6.55. The van der Waals surface area contributed by atoms with Crippen LogP contribution in [-0.2, 0) is 12.8 Å². The van der Waals surface area contributed by atoms with Crippen LogP contribution >= 0.6 is 11.6 Å². The molecule has 4 rings (SSSR count). The van der Waals surface area contributed by atoms with Crippen LogP contribution in [0.3, 0.4) is 0 Å². The molecule has 24 heavy (non-hydrogen) atoms. The van der Waals surface area contributed by atoms with Gasteiger partial charge in [0.2, 0.25) is 0 Å². The Balaban J connectivity index is 1.71. The maximum absolute atomic E-state index is 6.55. The van der Waals surface area contributed by atoms with Gasteiger partial charge in [0.15, 0.2) is 0 Å². The molecule has 1 atom stereocenters. The molecule has 0 aliphatic carbocycles. The van der Waals surface area contributed by atoms with Crippen LogP contribution < -0.4 is 10.6 Å². The van der Waals surface area contributed by atoms with Gasteiger partial charge in [0.05, 0.1) is 10.7 Å². The Hall–Kier alpha value is -1.97. The van der Waals surface area contributed by atoms with Crippen LogP contribution in [0.1, 0.15) is 29.7 Å². The average Bonchev–Trinajstić information content (AvgIpc) is 2.94. The van der Waals surface area contributed by atoms with E-state index >= 15 is 0 Å². The summed E-state index contributed by atoms with van der Waals surface area (Å²) in [6.07, 6.45) is 4.07. The van der Waals surface area contributed by atoms with Crippen LogP contribution in [0.25, 0.3) is 10.9 Å². The van der Waals surface area contributed by atoms with Crippen LogP contribution in [0.2, 0.25) is 5.02 Å². The van der Waals surface area contributed by atoms with Gasteiger partial charge in [-0.2, -0.15) is 0 Å². The number of aromatic nitrogens is 1. The number of rotatable bonds is 3. The first-order valence-corrected chi connectivity index (χ1v) is 8.95. The fourth-order valence-electron chi connectivity index (χ4n) is 3.68. The van der Waals surface area contributed by atoms with Crippen molar-refractivity contribution >= 4 is 28.2 Å². The Labute approximate surface area is 147 Å². The molecule has 0 fully saturated rings. The van der Waals surface area contributed by atoms with Crippen molar-refractivity contribution < 1.29 is 0 Å². The summed E-state index contributed by atoms with van der Waals surface area (Å²) in [7, 11) is 0. The SMILES string of the molecule is CC(Nc1c(Cl)ccc2c1CCNCC2)c1cccc2[nH]ccc12. The molecule has 2 heterocycles. The quantitative estimate of drug-likeness (QED) is 0.648. The number of halogens is 1. The molecule has 0 saturated carbocycles. The second kappa shape index (κ2) is 6.50. The highest BCUT2D eigenvalue weighted by Crippen LogP contribution is 2.34. The first-order chi connectivity index (χ1) is 11.7. The van der Waals surface area contributed by atoms with E-state index in [1.54, 1.807) is 0 Å². The monoisotopic (exact) mass is 339 g/mol. The molecule has 0 amide bonds. The lowest BCUT2D eigenvalue weighted by Crippen LogP contribution is -2.16. The van der Waals surface area contributed by atoms with Crippen LogP contribution in [0.5, 0.6) is 0 Å². The van der Waals surface area contributed by atoms with E-state index in [9.17, 15) is 0 Å². The zero-order chi connectivity index (χ0) is 16.5. The zero-order valence-electron chi connectivity index (χ0n) is 13.8. The molecule has 0 spiro atoms. The molecule has 1 aromatic heterocycles. The van der Waals surface area contributed by atoms with Crippen molar-refractivity contribution in [2.45, 2.75) is 25.8 Å². The molecule has 1 aliphatic heterocycles. The van der Waals surface area contributed by atoms with Crippen molar-refractivity contribution in [2.75, 3.05) is 18.4 Å². The fourth-order valence-corrected chi connectivity index (χ4v) is 3.91. The molecule has 3 aromatic rings. The summed E-state index contributed by atoms with van der Waals surface area (Å²) in [6, 6.07) is 12.9. The highest BCUT2D eigenvalue weighted by atomic mass is 35.5. The fraction of sp³-hybridized carbons (Fsp3) is 0.300. The van der Waals surface area contributed by atoms with E-state index in [1.807, 2.05) is 12.3 Å². The van der Waals surface area contributed by atoms with Gasteiger partial charge in [-0.1, -0.05) is 29.8 Å². The summed E-state index contributed by atoms with van der Waals surface area (Å²) in [4.78, 5) is 3.29. The number of H-pyrrole nitrogens is 1. The van der Waals surface area contributed by atoms with Crippen LogP contribution in [0.15, 0.2) is 42.6 Å². The summed E-state index contributed by atoms with van der Waals surface area (Å²) < 4.78 is 0. The standard InChI is InChI=1S/C20H22ClN3/c1-13(15-3-2-4-19-17(15)9-12-23-19)24-20-16-8-11-22-10-7-14(16)5-6-18(20)21/h2-6,9,12-13,22-24H,7-8,10-11H2,1H3. The second-order valence-electron chi connectivity index (χ2n) is 6.46. The summed E-state index contributed by atoms with van der Waals surface area (Å²) in [5, 5.41) is 9.23. The second-order valence-corrected chi connectivity index (χ2v) is 6.87. The minimum Gasteiger partial charge on any atom is -0.377 e. The Morgan fingerprint density at radius 2 is 1.96 bits per heavy atom. The molecule has 0 saturated heterocycles. The van der Waals surface area contributed by atoms with Crippen molar-refractivity contribution in [1.82, 2.24) is 10.3 Å². The summed E-state index contributed by atoms with van der Waals surface area (Å²) in [5.41, 5.74) is 6.31. The van der Waals surface area contributed by atoms with E-state index in [1.165, 1.54) is 27.6 Å². The van der Waals surface area contributed by atoms with Crippen molar-refractivity contribution in [3.63, 3.8) is 0 Å². The van der Waals surface area contributed by atoms with Crippen LogP contribution in [0, 0.1) is 0 Å². The third-order valence-electron chi connectivity index (χ3n) is 4.94. The minimum absolute atomic E-state index is 0.185. The largest absolute Gasteiger partial charge is 0.377 e. The van der Waals surface area contributed by atoms with Crippen molar-refractivity contribution in [2.24, 2.45) is 0 Å². The summed E-state index contributed by atoms with van der Waals surface area (Å²) in [5.74, 6) is 0. The number of benzene rings is 2. The number of nitrogens with one attached hydrogen (secondary N) is 3. The molecule has 1 unspecified atom stereocenters. The third-order valence-corrected chi connectivity index (χ3v) is 5.25. The van der Waals surface area contributed by atoms with Gasteiger partial charge >= 0.3 is 0 Å². The van der Waals surface area contributed by atoms with Crippen LogP contribution in [-0.4, -0.2) is 18.1 Å². The van der Waals surface area contributed by atoms with Gasteiger partial charge < -0.3 is 15.6 Å². The third kappa shape index (κ3) is 2.79. The molecule has 3 nitrogen and oxygen atoms in total. The van der Waals surface area contributed by atoms with Gasteiger partial charge in [-0.25, -0.2) is 0 Å². The maximum atomic E-state index is 6.55. The lowest BCUT2D eigenvalue weighted by molar-refractivity contribution is 0.711. The Morgan fingerprint density at radius 3 is 2.88 bits per heavy atom. The van der Waals surface area contributed by atoms with Crippen molar-refractivity contribution in [3.05, 3.63) is 64.3 Å². The minimum atomic E-state index is 0.185. The predicted octanol–water partition coefficient (Wildman–Crippen LogP) is 4.68. The molecular formula is C20H22ClN3. The topological polar surface area (TPSA) is 39.8 Å². The van der Waals surface area contributed by atoms with E-state index < -0.39 is 0 Å². The first-order valence-electron chi connectivity index (χ1n) is 8.57.